The average molecular weight is 631 g/mol. The van der Waals surface area contributed by atoms with Crippen molar-refractivity contribution >= 4 is 15.7 Å². The Morgan fingerprint density at radius 1 is 0.977 bits per heavy atom. The molecule has 0 bridgehead atoms. The predicted molar refractivity (Wildman–Crippen MR) is 165 cm³/mol. The molecule has 4 rings (SSSR count). The number of hydrogen-bond donors (Lipinski definition) is 3. The number of ether oxygens (including phenoxy) is 2. The van der Waals surface area contributed by atoms with E-state index in [9.17, 15) is 27.1 Å². The van der Waals surface area contributed by atoms with E-state index in [1.807, 2.05) is 37.3 Å². The van der Waals surface area contributed by atoms with Gasteiger partial charge >= 0.3 is 0 Å². The highest BCUT2D eigenvalue weighted by Crippen LogP contribution is 2.30. The second-order valence-electron chi connectivity index (χ2n) is 11.2. The van der Waals surface area contributed by atoms with Crippen molar-refractivity contribution < 1.29 is 36.6 Å². The fraction of sp³-hybridized carbons (Fsp3) is 0.424. The van der Waals surface area contributed by atoms with Gasteiger partial charge in [-0.3, -0.25) is 4.79 Å². The Kier molecular flexibility index (Phi) is 11.3. The molecular weight excluding hydrogens is 590 g/mol. The number of carbonyl (C=O) groups is 1. The minimum absolute atomic E-state index is 0.0293. The fourth-order valence-electron chi connectivity index (χ4n) is 5.57. The van der Waals surface area contributed by atoms with Gasteiger partial charge < -0.3 is 25.2 Å². The molecular formula is C33H40F2N2O6S. The van der Waals surface area contributed by atoms with Gasteiger partial charge in [0.2, 0.25) is 5.91 Å². The maximum Gasteiger partial charge on any atom is 0.220 e. The predicted octanol–water partition coefficient (Wildman–Crippen LogP) is 4.21. The Morgan fingerprint density at radius 2 is 1.68 bits per heavy atom. The number of amides is 1. The second kappa shape index (κ2) is 15.0. The van der Waals surface area contributed by atoms with Gasteiger partial charge in [-0.15, -0.1) is 0 Å². The van der Waals surface area contributed by atoms with E-state index in [0.717, 1.165) is 46.9 Å². The van der Waals surface area contributed by atoms with E-state index in [0.29, 0.717) is 24.3 Å². The Balaban J connectivity index is 1.44. The molecule has 0 saturated carbocycles. The van der Waals surface area contributed by atoms with Crippen LogP contribution in [0.3, 0.4) is 0 Å². The number of hydrogen-bond acceptors (Lipinski definition) is 7. The number of aliphatic hydroxyl groups excluding tert-OH is 1. The lowest BCUT2D eigenvalue weighted by atomic mass is 9.97. The number of aliphatic hydroxyl groups is 1. The molecule has 8 nitrogen and oxygen atoms in total. The first kappa shape index (κ1) is 33.4. The van der Waals surface area contributed by atoms with Crippen molar-refractivity contribution in [3.63, 3.8) is 0 Å². The van der Waals surface area contributed by atoms with Crippen LogP contribution in [0.25, 0.3) is 0 Å². The topological polar surface area (TPSA) is 114 Å². The van der Waals surface area contributed by atoms with E-state index in [1.54, 1.807) is 20.3 Å². The second-order valence-corrected chi connectivity index (χ2v) is 13.3. The molecule has 44 heavy (non-hydrogen) atoms. The van der Waals surface area contributed by atoms with Crippen LogP contribution in [-0.4, -0.2) is 58.1 Å². The van der Waals surface area contributed by atoms with Crippen LogP contribution in [0.5, 0.6) is 11.5 Å². The van der Waals surface area contributed by atoms with Gasteiger partial charge in [-0.2, -0.15) is 0 Å². The van der Waals surface area contributed by atoms with Crippen LogP contribution in [0.4, 0.5) is 8.78 Å². The number of methoxy groups -OCH3 is 2. The molecule has 0 unspecified atom stereocenters. The summed E-state index contributed by atoms with van der Waals surface area (Å²) in [6.07, 6.45) is 0.827. The SMILES string of the molecule is CCc1ccc2c(c1)[C@@H](NC[C@@H](O)[C@H](Cc1cc(F)cc(F)c1)NC(=O)CCCc1ccc(OC)c(OC)c1)CS(=O)(=O)C2. The van der Waals surface area contributed by atoms with Crippen molar-refractivity contribution in [2.24, 2.45) is 0 Å². The standard InChI is InChI=1S/C33H40F2N2O6S/c1-4-21-8-10-24-19-44(40,41)20-29(27(24)14-21)36-18-30(38)28(15-23-12-25(34)17-26(35)13-23)37-33(39)7-5-6-22-9-11-31(42-2)32(16-22)43-3/h8-14,16-17,28-30,36,38H,4-7,15,18-20H2,1-3H3,(H,37,39)/t28-,29-,30+/m0/s1. The average Bonchev–Trinajstić information content (AvgIpc) is 2.98. The Hall–Kier alpha value is -3.54. The molecule has 0 spiro atoms. The van der Waals surface area contributed by atoms with E-state index >= 15 is 0 Å². The first-order chi connectivity index (χ1) is 21.0. The lowest BCUT2D eigenvalue weighted by Gasteiger charge is -2.30. The number of halogens is 2. The van der Waals surface area contributed by atoms with Gasteiger partial charge in [0, 0.05) is 25.1 Å². The molecule has 1 aliphatic rings. The van der Waals surface area contributed by atoms with Crippen LogP contribution < -0.4 is 20.1 Å². The van der Waals surface area contributed by atoms with Gasteiger partial charge in [-0.25, -0.2) is 17.2 Å². The number of benzene rings is 3. The van der Waals surface area contributed by atoms with Crippen LogP contribution in [0.15, 0.2) is 54.6 Å². The van der Waals surface area contributed by atoms with Gasteiger partial charge in [0.25, 0.3) is 0 Å². The van der Waals surface area contributed by atoms with Crippen LogP contribution >= 0.6 is 0 Å². The lowest BCUT2D eigenvalue weighted by Crippen LogP contribution is -2.50. The van der Waals surface area contributed by atoms with E-state index in [-0.39, 0.29) is 42.4 Å². The Labute approximate surface area is 257 Å². The summed E-state index contributed by atoms with van der Waals surface area (Å²) in [5.41, 5.74) is 3.89. The van der Waals surface area contributed by atoms with Gasteiger partial charge in [0.05, 0.1) is 37.9 Å². The molecule has 0 aliphatic carbocycles. The number of aryl methyl sites for hydroxylation is 2. The molecule has 1 heterocycles. The van der Waals surface area contributed by atoms with Gasteiger partial charge in [0.15, 0.2) is 21.3 Å². The third kappa shape index (κ3) is 8.99. The number of nitrogens with one attached hydrogen (secondary N) is 2. The largest absolute Gasteiger partial charge is 0.493 e. The fourth-order valence-corrected chi connectivity index (χ4v) is 7.23. The summed E-state index contributed by atoms with van der Waals surface area (Å²) in [6.45, 7) is 1.97. The first-order valence-corrected chi connectivity index (χ1v) is 16.5. The quantitative estimate of drug-likeness (QED) is 0.245. The zero-order valence-corrected chi connectivity index (χ0v) is 26.1. The maximum atomic E-state index is 14.0. The van der Waals surface area contributed by atoms with Crippen molar-refractivity contribution in [3.8, 4) is 11.5 Å². The minimum atomic E-state index is -3.36. The summed E-state index contributed by atoms with van der Waals surface area (Å²) in [6, 6.07) is 12.9. The molecule has 3 N–H and O–H groups in total. The first-order valence-electron chi connectivity index (χ1n) is 14.7. The van der Waals surface area contributed by atoms with Crippen LogP contribution in [0.1, 0.15) is 53.6 Å². The van der Waals surface area contributed by atoms with Gasteiger partial charge in [-0.05, 0) is 77.8 Å². The molecule has 0 radical (unpaired) electrons. The highest BCUT2D eigenvalue weighted by molar-refractivity contribution is 7.90. The van der Waals surface area contributed by atoms with Crippen molar-refractivity contribution in [3.05, 3.63) is 94.0 Å². The highest BCUT2D eigenvalue weighted by Gasteiger charge is 2.31. The zero-order valence-electron chi connectivity index (χ0n) is 25.2. The van der Waals surface area contributed by atoms with Crippen molar-refractivity contribution in [1.29, 1.82) is 0 Å². The molecule has 3 aromatic carbocycles. The van der Waals surface area contributed by atoms with Gasteiger partial charge in [0.1, 0.15) is 11.6 Å². The van der Waals surface area contributed by atoms with Crippen molar-refractivity contribution in [2.45, 2.75) is 63.0 Å². The van der Waals surface area contributed by atoms with Crippen LogP contribution in [0.2, 0.25) is 0 Å². The summed E-state index contributed by atoms with van der Waals surface area (Å²) in [5.74, 6) is -0.820. The molecule has 0 aromatic heterocycles. The van der Waals surface area contributed by atoms with Crippen molar-refractivity contribution in [1.82, 2.24) is 10.6 Å². The molecule has 3 atom stereocenters. The lowest BCUT2D eigenvalue weighted by molar-refractivity contribution is -0.122. The third-order valence-corrected chi connectivity index (χ3v) is 9.46. The molecule has 1 amide bonds. The molecule has 1 aliphatic heterocycles. The molecule has 3 aromatic rings. The van der Waals surface area contributed by atoms with E-state index in [1.165, 1.54) is 0 Å². The highest BCUT2D eigenvalue weighted by atomic mass is 32.2. The number of sulfone groups is 1. The summed E-state index contributed by atoms with van der Waals surface area (Å²) in [7, 11) is -0.260. The van der Waals surface area contributed by atoms with E-state index in [2.05, 4.69) is 10.6 Å². The van der Waals surface area contributed by atoms with Crippen molar-refractivity contribution in [2.75, 3.05) is 26.5 Å². The van der Waals surface area contributed by atoms with E-state index in [4.69, 9.17) is 9.47 Å². The Bertz CT molecular complexity index is 1550. The summed E-state index contributed by atoms with van der Waals surface area (Å²) in [5, 5.41) is 17.3. The monoisotopic (exact) mass is 630 g/mol. The normalized spacial score (nSPS) is 16.9. The summed E-state index contributed by atoms with van der Waals surface area (Å²) >= 11 is 0. The summed E-state index contributed by atoms with van der Waals surface area (Å²) < 4.78 is 63.8. The smallest absolute Gasteiger partial charge is 0.220 e. The van der Waals surface area contributed by atoms with Crippen LogP contribution in [0, 0.1) is 11.6 Å². The number of carbonyl (C=O) groups excluding carboxylic acids is 1. The van der Waals surface area contributed by atoms with Crippen LogP contribution in [-0.2, 0) is 39.6 Å². The zero-order chi connectivity index (χ0) is 31.9. The molecule has 0 saturated heterocycles. The third-order valence-electron chi connectivity index (χ3n) is 7.87. The van der Waals surface area contributed by atoms with E-state index < -0.39 is 39.7 Å². The minimum Gasteiger partial charge on any atom is -0.493 e. The maximum absolute atomic E-state index is 14.0. The van der Waals surface area contributed by atoms with Gasteiger partial charge in [-0.1, -0.05) is 31.2 Å². The molecule has 238 valence electrons. The summed E-state index contributed by atoms with van der Waals surface area (Å²) in [4.78, 5) is 13.0. The molecule has 11 heteroatoms. The number of rotatable bonds is 14. The Morgan fingerprint density at radius 3 is 2.36 bits per heavy atom. The molecule has 0 fully saturated rings. The number of fused-ring (bicyclic) bond motifs is 1.